The number of rotatable bonds is 10. The van der Waals surface area contributed by atoms with E-state index in [9.17, 15) is 18.0 Å². The minimum absolute atomic E-state index is 0.0418. The quantitative estimate of drug-likeness (QED) is 0.478. The Kier molecular flexibility index (Phi) is 9.07. The maximum Gasteiger partial charge on any atom is 0.324 e. The van der Waals surface area contributed by atoms with Crippen molar-refractivity contribution in [3.8, 4) is 11.5 Å². The number of benzene rings is 2. The van der Waals surface area contributed by atoms with E-state index in [4.69, 9.17) is 14.2 Å². The predicted molar refractivity (Wildman–Crippen MR) is 130 cm³/mol. The molecule has 0 radical (unpaired) electrons. The van der Waals surface area contributed by atoms with E-state index >= 15 is 0 Å². The van der Waals surface area contributed by atoms with E-state index in [1.54, 1.807) is 31.4 Å². The Hall–Kier alpha value is -3.15. The molecular formula is C24H31N3O7S. The van der Waals surface area contributed by atoms with E-state index in [-0.39, 0.29) is 25.5 Å². The van der Waals surface area contributed by atoms with Crippen LogP contribution in [0.15, 0.2) is 48.5 Å². The molecule has 1 heterocycles. The van der Waals surface area contributed by atoms with Crippen molar-refractivity contribution in [3.05, 3.63) is 59.7 Å². The van der Waals surface area contributed by atoms with Crippen LogP contribution in [-0.2, 0) is 26.2 Å². The van der Waals surface area contributed by atoms with Gasteiger partial charge in [0.1, 0.15) is 24.1 Å². The van der Waals surface area contributed by atoms with Gasteiger partial charge in [-0.25, -0.2) is 8.42 Å². The van der Waals surface area contributed by atoms with Crippen LogP contribution >= 0.6 is 0 Å². The lowest BCUT2D eigenvalue weighted by molar-refractivity contribution is -0.147. The molecule has 0 aromatic heterocycles. The molecule has 35 heavy (non-hydrogen) atoms. The van der Waals surface area contributed by atoms with Gasteiger partial charge in [0.15, 0.2) is 0 Å². The van der Waals surface area contributed by atoms with Gasteiger partial charge in [-0.15, -0.1) is 0 Å². The van der Waals surface area contributed by atoms with Crippen LogP contribution < -0.4 is 14.8 Å². The standard InChI is InChI=1S/C24H31N3O7S/c1-32-20-8-4-18(5-9-20)17-34-21-10-6-19(7-11-21)23(28)25-16-22(24(29)33-2)26-12-14-27(15-13-26)35(3,30)31/h4-11,22H,12-17H2,1-3H3,(H,25,28). The second-order valence-electron chi connectivity index (χ2n) is 8.11. The summed E-state index contributed by atoms with van der Waals surface area (Å²) in [6.45, 7) is 1.70. The Morgan fingerprint density at radius 1 is 0.943 bits per heavy atom. The highest BCUT2D eigenvalue weighted by Gasteiger charge is 2.32. The first kappa shape index (κ1) is 26.5. The minimum Gasteiger partial charge on any atom is -0.497 e. The van der Waals surface area contributed by atoms with Gasteiger partial charge in [-0.1, -0.05) is 12.1 Å². The van der Waals surface area contributed by atoms with E-state index < -0.39 is 22.0 Å². The average molecular weight is 506 g/mol. The van der Waals surface area contributed by atoms with Crippen molar-refractivity contribution >= 4 is 21.9 Å². The monoisotopic (exact) mass is 505 g/mol. The van der Waals surface area contributed by atoms with E-state index in [1.807, 2.05) is 29.2 Å². The molecule has 1 fully saturated rings. The normalized spacial score (nSPS) is 15.7. The Morgan fingerprint density at radius 2 is 1.54 bits per heavy atom. The molecule has 2 aromatic carbocycles. The largest absolute Gasteiger partial charge is 0.497 e. The van der Waals surface area contributed by atoms with Crippen molar-refractivity contribution in [1.29, 1.82) is 0 Å². The third-order valence-electron chi connectivity index (χ3n) is 5.79. The lowest BCUT2D eigenvalue weighted by Gasteiger charge is -2.37. The fourth-order valence-electron chi connectivity index (χ4n) is 3.73. The van der Waals surface area contributed by atoms with Gasteiger partial charge >= 0.3 is 5.97 Å². The SMILES string of the molecule is COC(=O)C(CNC(=O)c1ccc(OCc2ccc(OC)cc2)cc1)N1CCN(S(C)(=O)=O)CC1. The molecule has 1 aliphatic rings. The van der Waals surface area contributed by atoms with Crippen LogP contribution in [0.3, 0.4) is 0 Å². The molecule has 1 atom stereocenters. The molecule has 1 unspecified atom stereocenters. The summed E-state index contributed by atoms with van der Waals surface area (Å²) in [5.41, 5.74) is 1.41. The summed E-state index contributed by atoms with van der Waals surface area (Å²) in [6, 6.07) is 13.6. The van der Waals surface area contributed by atoms with Gasteiger partial charge in [-0.2, -0.15) is 4.31 Å². The summed E-state index contributed by atoms with van der Waals surface area (Å²) in [5.74, 6) is 0.569. The Balaban J connectivity index is 1.53. The van der Waals surface area contributed by atoms with Crippen LogP contribution in [0.5, 0.6) is 11.5 Å². The highest BCUT2D eigenvalue weighted by atomic mass is 32.2. The Bertz CT molecular complexity index is 1100. The molecule has 10 nitrogen and oxygen atoms in total. The maximum atomic E-state index is 12.7. The molecule has 0 aliphatic carbocycles. The molecule has 1 N–H and O–H groups in total. The van der Waals surface area contributed by atoms with Crippen molar-refractivity contribution in [2.75, 3.05) is 53.2 Å². The number of sulfonamides is 1. The molecule has 1 amide bonds. The topological polar surface area (TPSA) is 114 Å². The zero-order chi connectivity index (χ0) is 25.4. The van der Waals surface area contributed by atoms with E-state index in [0.29, 0.717) is 31.0 Å². The third kappa shape index (κ3) is 7.41. The van der Waals surface area contributed by atoms with Gasteiger partial charge in [0.2, 0.25) is 10.0 Å². The van der Waals surface area contributed by atoms with Crippen LogP contribution in [0.25, 0.3) is 0 Å². The smallest absolute Gasteiger partial charge is 0.324 e. The molecule has 0 bridgehead atoms. The zero-order valence-corrected chi connectivity index (χ0v) is 20.9. The number of amides is 1. The average Bonchev–Trinajstić information content (AvgIpc) is 2.87. The summed E-state index contributed by atoms with van der Waals surface area (Å²) >= 11 is 0. The molecule has 1 aliphatic heterocycles. The Morgan fingerprint density at radius 3 is 2.09 bits per heavy atom. The molecule has 0 spiro atoms. The van der Waals surface area contributed by atoms with E-state index in [1.165, 1.54) is 11.4 Å². The molecule has 11 heteroatoms. The van der Waals surface area contributed by atoms with Crippen molar-refractivity contribution in [3.63, 3.8) is 0 Å². The number of nitrogens with one attached hydrogen (secondary N) is 1. The number of nitrogens with zero attached hydrogens (tertiary/aromatic N) is 2. The van der Waals surface area contributed by atoms with Gasteiger partial charge in [0.25, 0.3) is 5.91 Å². The summed E-state index contributed by atoms with van der Waals surface area (Å²) in [4.78, 5) is 26.8. The first-order chi connectivity index (χ1) is 16.7. The highest BCUT2D eigenvalue weighted by Crippen LogP contribution is 2.17. The number of hydrogen-bond donors (Lipinski definition) is 1. The van der Waals surface area contributed by atoms with Crippen LogP contribution in [0.1, 0.15) is 15.9 Å². The second kappa shape index (κ2) is 12.0. The third-order valence-corrected chi connectivity index (χ3v) is 7.10. The number of hydrogen-bond acceptors (Lipinski definition) is 8. The highest BCUT2D eigenvalue weighted by molar-refractivity contribution is 7.88. The molecular weight excluding hydrogens is 474 g/mol. The van der Waals surface area contributed by atoms with Crippen LogP contribution in [-0.4, -0.2) is 88.7 Å². The zero-order valence-electron chi connectivity index (χ0n) is 20.1. The van der Waals surface area contributed by atoms with E-state index in [0.717, 1.165) is 17.6 Å². The summed E-state index contributed by atoms with van der Waals surface area (Å²) in [7, 11) is -0.385. The first-order valence-corrected chi connectivity index (χ1v) is 13.0. The van der Waals surface area contributed by atoms with Gasteiger partial charge in [0.05, 0.1) is 20.5 Å². The number of carbonyl (C=O) groups is 2. The Labute approximate surface area is 205 Å². The van der Waals surface area contributed by atoms with Crippen molar-refractivity contribution in [1.82, 2.24) is 14.5 Å². The van der Waals surface area contributed by atoms with Gasteiger partial charge < -0.3 is 19.5 Å². The molecule has 1 saturated heterocycles. The number of carbonyl (C=O) groups excluding carboxylic acids is 2. The maximum absolute atomic E-state index is 12.7. The van der Waals surface area contributed by atoms with E-state index in [2.05, 4.69) is 5.32 Å². The van der Waals surface area contributed by atoms with Gasteiger partial charge in [-0.3, -0.25) is 14.5 Å². The number of ether oxygens (including phenoxy) is 3. The first-order valence-electron chi connectivity index (χ1n) is 11.1. The molecule has 2 aromatic rings. The minimum atomic E-state index is -3.28. The van der Waals surface area contributed by atoms with Crippen LogP contribution in [0, 0.1) is 0 Å². The second-order valence-corrected chi connectivity index (χ2v) is 10.1. The molecule has 3 rings (SSSR count). The van der Waals surface area contributed by atoms with Crippen molar-refractivity contribution < 1.29 is 32.2 Å². The predicted octanol–water partition coefficient (Wildman–Crippen LogP) is 1.12. The van der Waals surface area contributed by atoms with Crippen molar-refractivity contribution in [2.45, 2.75) is 12.6 Å². The summed E-state index contributed by atoms with van der Waals surface area (Å²) in [6.07, 6.45) is 1.16. The van der Waals surface area contributed by atoms with Gasteiger partial charge in [-0.05, 0) is 42.0 Å². The number of methoxy groups -OCH3 is 2. The summed E-state index contributed by atoms with van der Waals surface area (Å²) in [5, 5.41) is 2.78. The molecule has 0 saturated carbocycles. The van der Waals surface area contributed by atoms with Crippen LogP contribution in [0.4, 0.5) is 0 Å². The fourth-order valence-corrected chi connectivity index (χ4v) is 4.55. The summed E-state index contributed by atoms with van der Waals surface area (Å²) < 4.78 is 40.6. The van der Waals surface area contributed by atoms with Crippen molar-refractivity contribution in [2.24, 2.45) is 0 Å². The number of piperazine rings is 1. The lowest BCUT2D eigenvalue weighted by Crippen LogP contribution is -2.57. The fraction of sp³-hybridized carbons (Fsp3) is 0.417. The molecule has 190 valence electrons. The van der Waals surface area contributed by atoms with Gasteiger partial charge in [0, 0.05) is 38.3 Å². The van der Waals surface area contributed by atoms with Crippen LogP contribution in [0.2, 0.25) is 0 Å². The lowest BCUT2D eigenvalue weighted by atomic mass is 10.1. The number of esters is 1.